The summed E-state index contributed by atoms with van der Waals surface area (Å²) in [5, 5.41) is 4.15. The van der Waals surface area contributed by atoms with Gasteiger partial charge in [-0.05, 0) is 36.7 Å². The summed E-state index contributed by atoms with van der Waals surface area (Å²) in [5.74, 6) is -0.116. The lowest BCUT2D eigenvalue weighted by Crippen LogP contribution is -2.12. The third kappa shape index (κ3) is 2.53. The summed E-state index contributed by atoms with van der Waals surface area (Å²) in [6.07, 6.45) is 2.53. The van der Waals surface area contributed by atoms with E-state index in [-0.39, 0.29) is 11.7 Å². The Hall–Kier alpha value is -1.68. The highest BCUT2D eigenvalue weighted by Gasteiger charge is 2.16. The average Bonchev–Trinajstić information content (AvgIpc) is 2.72. The zero-order valence-corrected chi connectivity index (χ0v) is 9.81. The van der Waals surface area contributed by atoms with Crippen LogP contribution in [0.5, 0.6) is 0 Å². The number of nitrogens with zero attached hydrogens (tertiary/aromatic N) is 2. The number of hydrogen-bond acceptors (Lipinski definition) is 2. The van der Waals surface area contributed by atoms with Crippen molar-refractivity contribution in [2.24, 2.45) is 12.8 Å². The van der Waals surface area contributed by atoms with Crippen LogP contribution in [0, 0.1) is 5.82 Å². The number of aromatic nitrogens is 2. The van der Waals surface area contributed by atoms with Crippen LogP contribution in [0.1, 0.15) is 23.6 Å². The summed E-state index contributed by atoms with van der Waals surface area (Å²) in [7, 11) is 1.89. The van der Waals surface area contributed by atoms with Gasteiger partial charge >= 0.3 is 0 Å². The van der Waals surface area contributed by atoms with Gasteiger partial charge in [0.2, 0.25) is 0 Å². The monoisotopic (exact) mass is 233 g/mol. The molecule has 2 N–H and O–H groups in total. The molecule has 1 aromatic carbocycles. The van der Waals surface area contributed by atoms with Crippen LogP contribution in [0.4, 0.5) is 4.39 Å². The molecule has 0 aliphatic rings. The zero-order valence-electron chi connectivity index (χ0n) is 9.81. The van der Waals surface area contributed by atoms with Crippen LogP contribution in [0.3, 0.4) is 0 Å². The van der Waals surface area contributed by atoms with E-state index < -0.39 is 0 Å². The first-order valence-corrected chi connectivity index (χ1v) is 5.66. The van der Waals surface area contributed by atoms with Crippen molar-refractivity contribution in [1.82, 2.24) is 9.78 Å². The fourth-order valence-corrected chi connectivity index (χ4v) is 2.10. The van der Waals surface area contributed by atoms with Crippen LogP contribution in [-0.4, -0.2) is 16.3 Å². The molecule has 0 fully saturated rings. The van der Waals surface area contributed by atoms with Crippen molar-refractivity contribution in [3.8, 4) is 0 Å². The van der Waals surface area contributed by atoms with E-state index >= 15 is 0 Å². The van der Waals surface area contributed by atoms with Gasteiger partial charge in [0.1, 0.15) is 5.82 Å². The molecule has 90 valence electrons. The molecular weight excluding hydrogens is 217 g/mol. The van der Waals surface area contributed by atoms with Crippen molar-refractivity contribution in [3.63, 3.8) is 0 Å². The van der Waals surface area contributed by atoms with Crippen molar-refractivity contribution < 1.29 is 4.39 Å². The molecule has 0 aliphatic carbocycles. The van der Waals surface area contributed by atoms with E-state index in [2.05, 4.69) is 5.10 Å². The summed E-state index contributed by atoms with van der Waals surface area (Å²) in [4.78, 5) is 0. The molecule has 0 spiro atoms. The highest BCUT2D eigenvalue weighted by Crippen LogP contribution is 2.27. The molecule has 3 nitrogen and oxygen atoms in total. The molecule has 0 amide bonds. The Morgan fingerprint density at radius 1 is 1.41 bits per heavy atom. The number of hydrogen-bond donors (Lipinski definition) is 1. The van der Waals surface area contributed by atoms with Gasteiger partial charge in [0.15, 0.2) is 0 Å². The van der Waals surface area contributed by atoms with Gasteiger partial charge in [0.05, 0.1) is 0 Å². The first kappa shape index (κ1) is 11.8. The smallest absolute Gasteiger partial charge is 0.123 e. The zero-order chi connectivity index (χ0) is 12.3. The van der Waals surface area contributed by atoms with E-state index in [1.54, 1.807) is 18.3 Å². The second-order valence-electron chi connectivity index (χ2n) is 4.06. The van der Waals surface area contributed by atoms with Gasteiger partial charge in [-0.2, -0.15) is 5.10 Å². The normalized spacial score (nSPS) is 12.6. The standard InChI is InChI=1S/C13H16FN3/c1-17-13(6-8-16-17)12(5-7-15)10-3-2-4-11(14)9-10/h2-4,6,8-9,12H,5,7,15H2,1H3. The number of aryl methyl sites for hydroxylation is 1. The predicted octanol–water partition coefficient (Wildman–Crippen LogP) is 2.04. The van der Waals surface area contributed by atoms with Crippen LogP contribution >= 0.6 is 0 Å². The van der Waals surface area contributed by atoms with Crippen LogP contribution < -0.4 is 5.73 Å². The first-order valence-electron chi connectivity index (χ1n) is 5.66. The van der Waals surface area contributed by atoms with Crippen molar-refractivity contribution in [2.45, 2.75) is 12.3 Å². The maximum atomic E-state index is 13.3. The van der Waals surface area contributed by atoms with E-state index in [1.165, 1.54) is 6.07 Å². The van der Waals surface area contributed by atoms with Crippen molar-refractivity contribution in [2.75, 3.05) is 6.54 Å². The number of rotatable bonds is 4. The van der Waals surface area contributed by atoms with Gasteiger partial charge in [0.25, 0.3) is 0 Å². The van der Waals surface area contributed by atoms with Gasteiger partial charge in [-0.1, -0.05) is 12.1 Å². The second kappa shape index (κ2) is 5.10. The van der Waals surface area contributed by atoms with Gasteiger partial charge in [0, 0.05) is 24.9 Å². The van der Waals surface area contributed by atoms with Crippen LogP contribution in [0.2, 0.25) is 0 Å². The number of nitrogens with two attached hydrogens (primary N) is 1. The van der Waals surface area contributed by atoms with Crippen molar-refractivity contribution in [3.05, 3.63) is 53.6 Å². The minimum atomic E-state index is -0.216. The van der Waals surface area contributed by atoms with Crippen molar-refractivity contribution >= 4 is 0 Å². The first-order chi connectivity index (χ1) is 8.22. The molecule has 0 saturated carbocycles. The van der Waals surface area contributed by atoms with E-state index in [1.807, 2.05) is 23.9 Å². The molecule has 4 heteroatoms. The van der Waals surface area contributed by atoms with Gasteiger partial charge in [-0.3, -0.25) is 4.68 Å². The van der Waals surface area contributed by atoms with Gasteiger partial charge in [-0.25, -0.2) is 4.39 Å². The average molecular weight is 233 g/mol. The molecule has 0 bridgehead atoms. The SMILES string of the molecule is Cn1nccc1C(CCN)c1cccc(F)c1. The second-order valence-corrected chi connectivity index (χ2v) is 4.06. The molecule has 0 radical (unpaired) electrons. The summed E-state index contributed by atoms with van der Waals surface area (Å²) in [5.41, 5.74) is 7.64. The van der Waals surface area contributed by atoms with Crippen LogP contribution in [0.25, 0.3) is 0 Å². The molecule has 1 heterocycles. The van der Waals surface area contributed by atoms with Gasteiger partial charge < -0.3 is 5.73 Å². The Morgan fingerprint density at radius 3 is 2.82 bits per heavy atom. The molecule has 1 unspecified atom stereocenters. The number of halogens is 1. The lowest BCUT2D eigenvalue weighted by molar-refractivity contribution is 0.607. The van der Waals surface area contributed by atoms with E-state index in [0.717, 1.165) is 17.7 Å². The highest BCUT2D eigenvalue weighted by atomic mass is 19.1. The predicted molar refractivity (Wildman–Crippen MR) is 65.1 cm³/mol. The Morgan fingerprint density at radius 2 is 2.24 bits per heavy atom. The molecule has 2 aromatic rings. The highest BCUT2D eigenvalue weighted by molar-refractivity contribution is 5.28. The molecule has 1 aromatic heterocycles. The Kier molecular flexibility index (Phi) is 3.54. The lowest BCUT2D eigenvalue weighted by Gasteiger charge is -2.17. The third-order valence-electron chi connectivity index (χ3n) is 2.92. The van der Waals surface area contributed by atoms with E-state index in [4.69, 9.17) is 5.73 Å². The van der Waals surface area contributed by atoms with E-state index in [0.29, 0.717) is 6.54 Å². The minimum Gasteiger partial charge on any atom is -0.330 e. The quantitative estimate of drug-likeness (QED) is 0.878. The molecule has 0 saturated heterocycles. The maximum Gasteiger partial charge on any atom is 0.123 e. The summed E-state index contributed by atoms with van der Waals surface area (Å²) < 4.78 is 15.1. The fourth-order valence-electron chi connectivity index (χ4n) is 2.10. The largest absolute Gasteiger partial charge is 0.330 e. The summed E-state index contributed by atoms with van der Waals surface area (Å²) in [6.45, 7) is 0.562. The lowest BCUT2D eigenvalue weighted by atomic mass is 9.92. The Balaban J connectivity index is 2.39. The Bertz CT molecular complexity index is 493. The molecule has 1 atom stereocenters. The topological polar surface area (TPSA) is 43.8 Å². The van der Waals surface area contributed by atoms with Crippen molar-refractivity contribution in [1.29, 1.82) is 0 Å². The molecule has 0 aliphatic heterocycles. The minimum absolute atomic E-state index is 0.100. The summed E-state index contributed by atoms with van der Waals surface area (Å²) in [6, 6.07) is 8.62. The molecule has 17 heavy (non-hydrogen) atoms. The van der Waals surface area contributed by atoms with Crippen LogP contribution in [0.15, 0.2) is 36.5 Å². The fraction of sp³-hybridized carbons (Fsp3) is 0.308. The molecular formula is C13H16FN3. The molecule has 2 rings (SSSR count). The third-order valence-corrected chi connectivity index (χ3v) is 2.92. The van der Waals surface area contributed by atoms with Crippen LogP contribution in [-0.2, 0) is 7.05 Å². The van der Waals surface area contributed by atoms with E-state index in [9.17, 15) is 4.39 Å². The maximum absolute atomic E-state index is 13.3. The van der Waals surface area contributed by atoms with Gasteiger partial charge in [-0.15, -0.1) is 0 Å². The summed E-state index contributed by atoms with van der Waals surface area (Å²) >= 11 is 0. The number of benzene rings is 1. The Labute approximate surface area is 100 Å².